The summed E-state index contributed by atoms with van der Waals surface area (Å²) in [5.41, 5.74) is 4.61. The van der Waals surface area contributed by atoms with Crippen molar-refractivity contribution in [3.8, 4) is 11.5 Å². The van der Waals surface area contributed by atoms with Crippen LogP contribution in [0, 0.1) is 0 Å². The van der Waals surface area contributed by atoms with Crippen LogP contribution in [0.3, 0.4) is 0 Å². The number of benzene rings is 3. The molecule has 0 fully saturated rings. The minimum atomic E-state index is -0.503. The average molecular weight is 494 g/mol. The van der Waals surface area contributed by atoms with Crippen LogP contribution < -0.4 is 20.2 Å². The van der Waals surface area contributed by atoms with Gasteiger partial charge in [-0.15, -0.1) is 0 Å². The molecule has 3 aromatic rings. The summed E-state index contributed by atoms with van der Waals surface area (Å²) in [5.74, 6) is 0.687. The predicted molar refractivity (Wildman–Crippen MR) is 124 cm³/mol. The van der Waals surface area contributed by atoms with Crippen molar-refractivity contribution in [2.24, 2.45) is 5.10 Å². The van der Waals surface area contributed by atoms with Gasteiger partial charge >= 0.3 is 0 Å². The van der Waals surface area contributed by atoms with Crippen LogP contribution in [-0.2, 0) is 4.79 Å². The highest BCUT2D eigenvalue weighted by Gasteiger charge is 2.19. The standard InChI is InChI=1S/C24H20BrN3O4/c25-19-12-22-21(31-15-32-22)11-18(19)14-26-28-23(29)13-20(16-7-3-1-4-8-16)27-24(30)17-9-5-2-6-10-17/h1-12,14,20H,13,15H2,(H,27,30)(H,28,29)/b26-14-/t20-/m0/s1. The maximum absolute atomic E-state index is 12.6. The summed E-state index contributed by atoms with van der Waals surface area (Å²) in [6.07, 6.45) is 1.55. The van der Waals surface area contributed by atoms with E-state index in [9.17, 15) is 9.59 Å². The molecule has 0 saturated heterocycles. The number of fused-ring (bicyclic) bond motifs is 1. The zero-order chi connectivity index (χ0) is 22.3. The van der Waals surface area contributed by atoms with Gasteiger partial charge < -0.3 is 14.8 Å². The van der Waals surface area contributed by atoms with Crippen molar-refractivity contribution < 1.29 is 19.1 Å². The van der Waals surface area contributed by atoms with Gasteiger partial charge in [-0.25, -0.2) is 5.43 Å². The number of hydrogen-bond acceptors (Lipinski definition) is 5. The number of nitrogens with one attached hydrogen (secondary N) is 2. The normalized spacial score (nSPS) is 13.0. The highest BCUT2D eigenvalue weighted by Crippen LogP contribution is 2.36. The summed E-state index contributed by atoms with van der Waals surface area (Å²) in [6, 6.07) is 21.3. The van der Waals surface area contributed by atoms with Crippen molar-refractivity contribution in [2.45, 2.75) is 12.5 Å². The Morgan fingerprint density at radius 3 is 2.38 bits per heavy atom. The van der Waals surface area contributed by atoms with Crippen molar-refractivity contribution in [1.29, 1.82) is 0 Å². The van der Waals surface area contributed by atoms with Gasteiger partial charge in [-0.05, 0) is 45.8 Å². The van der Waals surface area contributed by atoms with Gasteiger partial charge in [0, 0.05) is 15.6 Å². The molecule has 3 aromatic carbocycles. The quantitative estimate of drug-likeness (QED) is 0.381. The first kappa shape index (κ1) is 21.6. The van der Waals surface area contributed by atoms with Crippen LogP contribution in [0.1, 0.15) is 33.9 Å². The summed E-state index contributed by atoms with van der Waals surface area (Å²) in [7, 11) is 0. The smallest absolute Gasteiger partial charge is 0.251 e. The lowest BCUT2D eigenvalue weighted by molar-refractivity contribution is -0.121. The number of hydrogen-bond donors (Lipinski definition) is 2. The lowest BCUT2D eigenvalue weighted by Gasteiger charge is -2.18. The molecule has 0 spiro atoms. The highest BCUT2D eigenvalue weighted by molar-refractivity contribution is 9.10. The molecule has 1 atom stereocenters. The number of ether oxygens (including phenoxy) is 2. The maximum atomic E-state index is 12.6. The first-order valence-corrected chi connectivity index (χ1v) is 10.7. The number of rotatable bonds is 7. The highest BCUT2D eigenvalue weighted by atomic mass is 79.9. The predicted octanol–water partition coefficient (Wildman–Crippen LogP) is 4.19. The van der Waals surface area contributed by atoms with Crippen LogP contribution in [0.5, 0.6) is 11.5 Å². The number of amides is 2. The SMILES string of the molecule is O=C(C[C@H](NC(=O)c1ccccc1)c1ccccc1)N/N=C\c1cc2c(cc1Br)OCO2. The lowest BCUT2D eigenvalue weighted by Crippen LogP contribution is -2.32. The fourth-order valence-corrected chi connectivity index (χ4v) is 3.63. The molecular formula is C24H20BrN3O4. The monoisotopic (exact) mass is 493 g/mol. The minimum Gasteiger partial charge on any atom is -0.454 e. The molecule has 0 aromatic heterocycles. The number of carbonyl (C=O) groups is 2. The molecule has 7 nitrogen and oxygen atoms in total. The van der Waals surface area contributed by atoms with Gasteiger partial charge in [-0.3, -0.25) is 9.59 Å². The molecule has 1 aliphatic rings. The molecule has 0 aliphatic carbocycles. The second-order valence-electron chi connectivity index (χ2n) is 7.03. The van der Waals surface area contributed by atoms with E-state index in [-0.39, 0.29) is 25.0 Å². The molecule has 4 rings (SSSR count). The zero-order valence-electron chi connectivity index (χ0n) is 17.0. The second-order valence-corrected chi connectivity index (χ2v) is 7.88. The maximum Gasteiger partial charge on any atom is 0.251 e. The topological polar surface area (TPSA) is 89.0 Å². The van der Waals surface area contributed by atoms with Gasteiger partial charge in [0.25, 0.3) is 5.91 Å². The van der Waals surface area contributed by atoms with E-state index in [1.165, 1.54) is 6.21 Å². The Balaban J connectivity index is 1.42. The third-order valence-corrected chi connectivity index (χ3v) is 5.50. The fraction of sp³-hybridized carbons (Fsp3) is 0.125. The van der Waals surface area contributed by atoms with Crippen LogP contribution in [0.25, 0.3) is 0 Å². The van der Waals surface area contributed by atoms with Crippen molar-refractivity contribution in [3.63, 3.8) is 0 Å². The molecule has 0 unspecified atom stereocenters. The van der Waals surface area contributed by atoms with E-state index >= 15 is 0 Å². The summed E-state index contributed by atoms with van der Waals surface area (Å²) in [6.45, 7) is 0.175. The largest absolute Gasteiger partial charge is 0.454 e. The Morgan fingerprint density at radius 1 is 1.00 bits per heavy atom. The summed E-state index contributed by atoms with van der Waals surface area (Å²) in [4.78, 5) is 25.2. The van der Waals surface area contributed by atoms with Gasteiger partial charge in [0.05, 0.1) is 18.7 Å². The van der Waals surface area contributed by atoms with Gasteiger partial charge in [-0.2, -0.15) is 5.10 Å². The molecule has 1 heterocycles. The van der Waals surface area contributed by atoms with Crippen LogP contribution in [0.4, 0.5) is 0 Å². The fourth-order valence-electron chi connectivity index (χ4n) is 3.21. The van der Waals surface area contributed by atoms with Crippen LogP contribution >= 0.6 is 15.9 Å². The molecule has 0 bridgehead atoms. The van der Waals surface area contributed by atoms with Gasteiger partial charge in [0.15, 0.2) is 11.5 Å². The van der Waals surface area contributed by atoms with Gasteiger partial charge in [0.1, 0.15) is 0 Å². The van der Waals surface area contributed by atoms with Crippen LogP contribution in [0.15, 0.2) is 82.4 Å². The number of hydrazone groups is 1. The van der Waals surface area contributed by atoms with E-state index in [4.69, 9.17) is 9.47 Å². The van der Waals surface area contributed by atoms with Crippen LogP contribution in [0.2, 0.25) is 0 Å². The third-order valence-electron chi connectivity index (χ3n) is 4.82. The van der Waals surface area contributed by atoms with E-state index in [1.54, 1.807) is 36.4 Å². The molecule has 8 heteroatoms. The summed E-state index contributed by atoms with van der Waals surface area (Å²) < 4.78 is 11.5. The van der Waals surface area contributed by atoms with E-state index in [0.717, 1.165) is 15.6 Å². The van der Waals surface area contributed by atoms with Crippen molar-refractivity contribution in [1.82, 2.24) is 10.7 Å². The molecule has 32 heavy (non-hydrogen) atoms. The Morgan fingerprint density at radius 2 is 1.66 bits per heavy atom. The molecule has 2 amide bonds. The van der Waals surface area contributed by atoms with Gasteiger partial charge in [0.2, 0.25) is 12.7 Å². The van der Waals surface area contributed by atoms with E-state index in [1.807, 2.05) is 36.4 Å². The molecule has 1 aliphatic heterocycles. The number of carbonyl (C=O) groups excluding carboxylic acids is 2. The number of nitrogens with zero attached hydrogens (tertiary/aromatic N) is 1. The molecule has 0 radical (unpaired) electrons. The Kier molecular flexibility index (Phi) is 6.81. The Bertz CT molecular complexity index is 1140. The van der Waals surface area contributed by atoms with E-state index in [2.05, 4.69) is 31.8 Å². The molecular weight excluding hydrogens is 474 g/mol. The summed E-state index contributed by atoms with van der Waals surface area (Å²) >= 11 is 3.45. The Labute approximate surface area is 193 Å². The number of halogens is 1. The Hall–Kier alpha value is -3.65. The second kappa shape index (κ2) is 10.1. The molecule has 2 N–H and O–H groups in total. The first-order chi connectivity index (χ1) is 15.6. The van der Waals surface area contributed by atoms with E-state index in [0.29, 0.717) is 17.1 Å². The van der Waals surface area contributed by atoms with Crippen molar-refractivity contribution in [3.05, 3.63) is 94.0 Å². The van der Waals surface area contributed by atoms with Crippen LogP contribution in [-0.4, -0.2) is 24.8 Å². The zero-order valence-corrected chi connectivity index (χ0v) is 18.5. The minimum absolute atomic E-state index is 0.0300. The molecule has 162 valence electrons. The van der Waals surface area contributed by atoms with Gasteiger partial charge in [-0.1, -0.05) is 48.5 Å². The first-order valence-electron chi connectivity index (χ1n) is 9.92. The average Bonchev–Trinajstić information content (AvgIpc) is 3.27. The summed E-state index contributed by atoms with van der Waals surface area (Å²) in [5, 5.41) is 6.98. The van der Waals surface area contributed by atoms with Crippen molar-refractivity contribution in [2.75, 3.05) is 6.79 Å². The molecule has 0 saturated carbocycles. The lowest BCUT2D eigenvalue weighted by atomic mass is 10.0. The van der Waals surface area contributed by atoms with E-state index < -0.39 is 6.04 Å². The van der Waals surface area contributed by atoms with Crippen molar-refractivity contribution >= 4 is 34.0 Å². The third kappa shape index (κ3) is 5.33.